The summed E-state index contributed by atoms with van der Waals surface area (Å²) >= 11 is 0.923. The Kier molecular flexibility index (Phi) is 4.36. The lowest BCUT2D eigenvalue weighted by atomic mass is 10.0. The summed E-state index contributed by atoms with van der Waals surface area (Å²) in [7, 11) is 0. The van der Waals surface area contributed by atoms with Crippen molar-refractivity contribution in [2.45, 2.75) is 25.0 Å². The Hall–Kier alpha value is -3.62. The summed E-state index contributed by atoms with van der Waals surface area (Å²) in [5.41, 5.74) is 5.35. The lowest BCUT2D eigenvalue weighted by Gasteiger charge is -2.23. The standard InChI is InChI=1S/C22H16F2N6O2S/c23-12-3-2-9(15-10(7-25)20(26)33-19(12)15)17-16(24)18-11(8-27-17)21(29-22(31)28-18)30-4-1-5-32-14-6-13(14)30/h2-3,8,13-14H,1,4-6,26H2,(H,28,29,31)/t13-,14+/m1/s1. The Balaban J connectivity index is 1.59. The van der Waals surface area contributed by atoms with Crippen LogP contribution in [0.25, 0.3) is 32.2 Å². The Labute approximate surface area is 189 Å². The predicted molar refractivity (Wildman–Crippen MR) is 120 cm³/mol. The van der Waals surface area contributed by atoms with Crippen LogP contribution in [0, 0.1) is 23.0 Å². The number of thiophene rings is 1. The summed E-state index contributed by atoms with van der Waals surface area (Å²) in [5, 5.41) is 10.3. The second-order valence-corrected chi connectivity index (χ2v) is 9.14. The molecule has 0 amide bonds. The number of halogens is 2. The van der Waals surface area contributed by atoms with Crippen molar-refractivity contribution in [2.24, 2.45) is 0 Å². The molecule has 3 N–H and O–H groups in total. The van der Waals surface area contributed by atoms with E-state index in [4.69, 9.17) is 10.5 Å². The number of nitrogens with zero attached hydrogens (tertiary/aromatic N) is 4. The number of nitrogen functional groups attached to an aromatic ring is 1. The smallest absolute Gasteiger partial charge is 0.347 e. The van der Waals surface area contributed by atoms with Crippen LogP contribution in [0.2, 0.25) is 0 Å². The van der Waals surface area contributed by atoms with Crippen molar-refractivity contribution >= 4 is 43.1 Å². The third kappa shape index (κ3) is 2.98. The molecule has 2 atom stereocenters. The maximum absolute atomic E-state index is 15.8. The molecule has 4 aromatic rings. The van der Waals surface area contributed by atoms with E-state index in [1.165, 1.54) is 18.3 Å². The number of anilines is 2. The van der Waals surface area contributed by atoms with Crippen LogP contribution in [0.1, 0.15) is 18.4 Å². The first-order chi connectivity index (χ1) is 16.0. The number of rotatable bonds is 2. The van der Waals surface area contributed by atoms with Gasteiger partial charge in [-0.2, -0.15) is 10.2 Å². The van der Waals surface area contributed by atoms with Crippen molar-refractivity contribution in [3.8, 4) is 17.3 Å². The van der Waals surface area contributed by atoms with Gasteiger partial charge in [0.25, 0.3) is 0 Å². The number of ether oxygens (including phenoxy) is 1. The zero-order valence-corrected chi connectivity index (χ0v) is 17.9. The highest BCUT2D eigenvalue weighted by Crippen LogP contribution is 2.42. The number of nitrogens with two attached hydrogens (primary N) is 1. The van der Waals surface area contributed by atoms with Gasteiger partial charge in [0.2, 0.25) is 0 Å². The zero-order valence-electron chi connectivity index (χ0n) is 17.1. The zero-order chi connectivity index (χ0) is 22.9. The number of fused-ring (bicyclic) bond motifs is 3. The summed E-state index contributed by atoms with van der Waals surface area (Å²) in [6, 6.07) is 4.61. The van der Waals surface area contributed by atoms with Gasteiger partial charge in [-0.05, 0) is 25.0 Å². The van der Waals surface area contributed by atoms with Crippen LogP contribution >= 0.6 is 11.3 Å². The van der Waals surface area contributed by atoms with E-state index in [1.54, 1.807) is 0 Å². The number of aromatic nitrogens is 3. The molecule has 1 aliphatic heterocycles. The summed E-state index contributed by atoms with van der Waals surface area (Å²) in [6.07, 6.45) is 3.13. The molecule has 33 heavy (non-hydrogen) atoms. The van der Waals surface area contributed by atoms with Crippen LogP contribution in [0.15, 0.2) is 23.1 Å². The summed E-state index contributed by atoms with van der Waals surface area (Å²) in [6.45, 7) is 1.26. The van der Waals surface area contributed by atoms with Crippen LogP contribution in [0.5, 0.6) is 0 Å². The van der Waals surface area contributed by atoms with Crippen molar-refractivity contribution in [1.29, 1.82) is 5.26 Å². The molecular weight excluding hydrogens is 450 g/mol. The highest BCUT2D eigenvalue weighted by Gasteiger charge is 2.45. The molecule has 3 aromatic heterocycles. The van der Waals surface area contributed by atoms with Crippen molar-refractivity contribution in [3.63, 3.8) is 0 Å². The van der Waals surface area contributed by atoms with Crippen molar-refractivity contribution in [2.75, 3.05) is 23.8 Å². The van der Waals surface area contributed by atoms with E-state index >= 15 is 4.39 Å². The minimum absolute atomic E-state index is 0.0449. The quantitative estimate of drug-likeness (QED) is 0.465. The van der Waals surface area contributed by atoms with E-state index in [0.717, 1.165) is 24.2 Å². The van der Waals surface area contributed by atoms with Crippen LogP contribution in [0.4, 0.5) is 19.6 Å². The maximum atomic E-state index is 15.8. The van der Waals surface area contributed by atoms with Gasteiger partial charge in [-0.15, -0.1) is 11.3 Å². The fraction of sp³-hybridized carbons (Fsp3) is 0.273. The van der Waals surface area contributed by atoms with Crippen molar-refractivity contribution in [1.82, 2.24) is 15.0 Å². The molecule has 11 heteroatoms. The number of hydrogen-bond acceptors (Lipinski definition) is 8. The molecule has 0 unspecified atom stereocenters. The van der Waals surface area contributed by atoms with Gasteiger partial charge in [0, 0.05) is 30.3 Å². The van der Waals surface area contributed by atoms with Gasteiger partial charge in [0.1, 0.15) is 28.4 Å². The summed E-state index contributed by atoms with van der Waals surface area (Å²) in [4.78, 5) is 25.3. The van der Waals surface area contributed by atoms with Crippen LogP contribution in [0.3, 0.4) is 0 Å². The van der Waals surface area contributed by atoms with Gasteiger partial charge in [0.15, 0.2) is 5.82 Å². The lowest BCUT2D eigenvalue weighted by Crippen LogP contribution is -2.31. The van der Waals surface area contributed by atoms with Gasteiger partial charge in [-0.25, -0.2) is 13.6 Å². The third-order valence-corrected chi connectivity index (χ3v) is 7.16. The SMILES string of the molecule is N#Cc1c(N)sc2c(F)ccc(-c3ncc4c(N5CCCO[C@H]6C[C@H]65)nc(=O)[nH]c4c3F)c12. The third-order valence-electron chi connectivity index (χ3n) is 6.13. The predicted octanol–water partition coefficient (Wildman–Crippen LogP) is 3.30. The Morgan fingerprint density at radius 3 is 3.03 bits per heavy atom. The van der Waals surface area contributed by atoms with E-state index in [2.05, 4.69) is 15.0 Å². The van der Waals surface area contributed by atoms with Crippen molar-refractivity contribution < 1.29 is 13.5 Å². The number of H-pyrrole nitrogens is 1. The molecular formula is C22H16F2N6O2S. The molecule has 6 rings (SSSR count). The van der Waals surface area contributed by atoms with E-state index in [-0.39, 0.29) is 49.6 Å². The fourth-order valence-corrected chi connectivity index (χ4v) is 5.49. The highest BCUT2D eigenvalue weighted by molar-refractivity contribution is 7.23. The fourth-order valence-electron chi connectivity index (χ4n) is 4.54. The van der Waals surface area contributed by atoms with Gasteiger partial charge < -0.3 is 20.4 Å². The molecule has 8 nitrogen and oxygen atoms in total. The van der Waals surface area contributed by atoms with Crippen LogP contribution in [-0.4, -0.2) is 40.2 Å². The molecule has 4 heterocycles. The summed E-state index contributed by atoms with van der Waals surface area (Å²) in [5.74, 6) is -0.977. The molecule has 1 aromatic carbocycles. The Bertz CT molecular complexity index is 1560. The minimum Gasteiger partial charge on any atom is -0.389 e. The molecule has 2 fully saturated rings. The van der Waals surface area contributed by atoms with E-state index in [1.807, 2.05) is 11.0 Å². The van der Waals surface area contributed by atoms with Gasteiger partial charge in [0.05, 0.1) is 33.3 Å². The van der Waals surface area contributed by atoms with E-state index in [0.29, 0.717) is 24.4 Å². The van der Waals surface area contributed by atoms with Gasteiger partial charge in [-0.3, -0.25) is 4.98 Å². The molecule has 0 bridgehead atoms. The topological polar surface area (TPSA) is 121 Å². The average molecular weight is 466 g/mol. The Morgan fingerprint density at radius 1 is 1.36 bits per heavy atom. The maximum Gasteiger partial charge on any atom is 0.347 e. The largest absolute Gasteiger partial charge is 0.389 e. The number of nitriles is 1. The molecule has 2 aliphatic rings. The first-order valence-electron chi connectivity index (χ1n) is 10.4. The van der Waals surface area contributed by atoms with Gasteiger partial charge >= 0.3 is 5.69 Å². The molecule has 166 valence electrons. The number of aromatic amines is 1. The average Bonchev–Trinajstić information content (AvgIpc) is 3.50. The molecule has 0 radical (unpaired) electrons. The minimum atomic E-state index is -0.784. The summed E-state index contributed by atoms with van der Waals surface area (Å²) < 4.78 is 36.1. The normalized spacial score (nSPS) is 20.0. The Morgan fingerprint density at radius 2 is 2.21 bits per heavy atom. The highest BCUT2D eigenvalue weighted by atomic mass is 32.1. The number of pyridine rings is 1. The number of nitrogens with one attached hydrogen (secondary N) is 1. The van der Waals surface area contributed by atoms with Crippen LogP contribution in [-0.2, 0) is 4.74 Å². The van der Waals surface area contributed by atoms with Crippen LogP contribution < -0.4 is 16.3 Å². The monoisotopic (exact) mass is 466 g/mol. The lowest BCUT2D eigenvalue weighted by molar-refractivity contribution is 0.124. The van der Waals surface area contributed by atoms with E-state index < -0.39 is 17.3 Å². The molecule has 1 saturated carbocycles. The molecule has 1 aliphatic carbocycles. The molecule has 1 saturated heterocycles. The second-order valence-electron chi connectivity index (χ2n) is 8.09. The first-order valence-corrected chi connectivity index (χ1v) is 11.2. The van der Waals surface area contributed by atoms with E-state index in [9.17, 15) is 14.4 Å². The second kappa shape index (κ2) is 7.19. The molecule has 0 spiro atoms. The first kappa shape index (κ1) is 20.0. The van der Waals surface area contributed by atoms with Crippen molar-refractivity contribution in [3.05, 3.63) is 46.0 Å². The van der Waals surface area contributed by atoms with Gasteiger partial charge in [-0.1, -0.05) is 0 Å². The number of benzene rings is 1. The number of hydrogen-bond donors (Lipinski definition) is 2.